The van der Waals surface area contributed by atoms with E-state index in [1.165, 1.54) is 29.9 Å². The lowest BCUT2D eigenvalue weighted by Gasteiger charge is -2.33. The zero-order valence-electron chi connectivity index (χ0n) is 15.9. The van der Waals surface area contributed by atoms with Crippen molar-refractivity contribution in [1.29, 1.82) is 0 Å². The van der Waals surface area contributed by atoms with Gasteiger partial charge in [-0.2, -0.15) is 13.2 Å². The van der Waals surface area contributed by atoms with Gasteiger partial charge in [-0.05, 0) is 43.9 Å². The van der Waals surface area contributed by atoms with Crippen molar-refractivity contribution < 1.29 is 22.8 Å². The number of nitrogens with zero attached hydrogens (tertiary/aromatic N) is 1. The minimum Gasteiger partial charge on any atom is -0.353 e. The van der Waals surface area contributed by atoms with Crippen molar-refractivity contribution >= 4 is 11.8 Å². The molecule has 0 unspecified atom stereocenters. The van der Waals surface area contributed by atoms with Crippen LogP contribution in [0.5, 0.6) is 0 Å². The number of carbonyl (C=O) groups excluding carboxylic acids is 2. The van der Waals surface area contributed by atoms with Crippen LogP contribution in [-0.4, -0.2) is 35.8 Å². The molecule has 7 heteroatoms. The van der Waals surface area contributed by atoms with Crippen LogP contribution in [0.15, 0.2) is 24.3 Å². The van der Waals surface area contributed by atoms with Crippen LogP contribution in [0.4, 0.5) is 13.2 Å². The maximum atomic E-state index is 12.9. The minimum atomic E-state index is -4.49. The Kier molecular flexibility index (Phi) is 6.62. The second kappa shape index (κ2) is 8.97. The fourth-order valence-corrected chi connectivity index (χ4v) is 4.13. The third kappa shape index (κ3) is 5.26. The minimum absolute atomic E-state index is 0.0136. The fourth-order valence-electron chi connectivity index (χ4n) is 4.13. The number of carbonyl (C=O) groups is 2. The Labute approximate surface area is 163 Å². The average Bonchev–Trinajstić information content (AvgIpc) is 2.95. The number of piperidine rings is 1. The van der Waals surface area contributed by atoms with Crippen molar-refractivity contribution in [3.8, 4) is 0 Å². The summed E-state index contributed by atoms with van der Waals surface area (Å²) in [6.07, 6.45) is 3.52. The van der Waals surface area contributed by atoms with Crippen molar-refractivity contribution in [3.05, 3.63) is 35.4 Å². The molecule has 2 aliphatic rings. The maximum Gasteiger partial charge on any atom is 0.416 e. The van der Waals surface area contributed by atoms with E-state index in [1.807, 2.05) is 0 Å². The number of halogens is 3. The third-order valence-corrected chi connectivity index (χ3v) is 5.72. The predicted molar refractivity (Wildman–Crippen MR) is 99.7 cm³/mol. The van der Waals surface area contributed by atoms with Crippen molar-refractivity contribution in [2.24, 2.45) is 5.92 Å². The smallest absolute Gasteiger partial charge is 0.353 e. The molecule has 1 aliphatic carbocycles. The van der Waals surface area contributed by atoms with Gasteiger partial charge in [0.1, 0.15) is 0 Å². The van der Waals surface area contributed by atoms with Crippen molar-refractivity contribution in [2.75, 3.05) is 13.1 Å². The van der Waals surface area contributed by atoms with E-state index in [1.54, 1.807) is 0 Å². The van der Waals surface area contributed by atoms with Crippen LogP contribution in [0, 0.1) is 5.92 Å². The van der Waals surface area contributed by atoms with Crippen LogP contribution < -0.4 is 5.32 Å². The topological polar surface area (TPSA) is 49.4 Å². The molecule has 1 N–H and O–H groups in total. The van der Waals surface area contributed by atoms with Crippen molar-refractivity contribution in [3.63, 3.8) is 0 Å². The van der Waals surface area contributed by atoms with Gasteiger partial charge < -0.3 is 10.2 Å². The Bertz CT molecular complexity index is 697. The molecule has 154 valence electrons. The van der Waals surface area contributed by atoms with Crippen LogP contribution in [0.1, 0.15) is 67.3 Å². The summed E-state index contributed by atoms with van der Waals surface area (Å²) in [5.74, 6) is -0.779. The molecule has 2 fully saturated rings. The zero-order valence-corrected chi connectivity index (χ0v) is 15.9. The number of likely N-dealkylation sites (tertiary alicyclic amines) is 1. The number of hydrogen-bond acceptors (Lipinski definition) is 2. The highest BCUT2D eigenvalue weighted by Crippen LogP contribution is 2.30. The number of nitrogens with one attached hydrogen (secondary N) is 1. The first-order chi connectivity index (χ1) is 13.3. The standard InChI is InChI=1S/C21H27F3N2O2/c22-21(23,24)17-9-5-7-15(13-17)20(28)26-12-6-8-16(14-26)19(27)25-18-10-3-1-2-4-11-18/h5,7,9,13,16,18H,1-4,6,8,10-12,14H2,(H,25,27)/t16-/m0/s1. The van der Waals surface area contributed by atoms with Gasteiger partial charge in [-0.15, -0.1) is 0 Å². The molecule has 1 atom stereocenters. The van der Waals surface area contributed by atoms with E-state index in [4.69, 9.17) is 0 Å². The zero-order chi connectivity index (χ0) is 20.1. The molecular formula is C21H27F3N2O2. The lowest BCUT2D eigenvalue weighted by Crippen LogP contribution is -2.47. The summed E-state index contributed by atoms with van der Waals surface area (Å²) < 4.78 is 38.7. The number of benzene rings is 1. The Hall–Kier alpha value is -2.05. The molecule has 1 saturated heterocycles. The van der Waals surface area contributed by atoms with Crippen LogP contribution in [0.25, 0.3) is 0 Å². The van der Waals surface area contributed by atoms with Crippen LogP contribution >= 0.6 is 0 Å². The van der Waals surface area contributed by atoms with Gasteiger partial charge in [0.05, 0.1) is 11.5 Å². The summed E-state index contributed by atoms with van der Waals surface area (Å²) in [7, 11) is 0. The molecule has 0 spiro atoms. The number of amides is 2. The lowest BCUT2D eigenvalue weighted by atomic mass is 9.95. The van der Waals surface area contributed by atoms with E-state index < -0.39 is 17.6 Å². The molecule has 1 saturated carbocycles. The summed E-state index contributed by atoms with van der Waals surface area (Å²) in [6.45, 7) is 0.718. The number of rotatable bonds is 3. The number of hydrogen-bond donors (Lipinski definition) is 1. The predicted octanol–water partition coefficient (Wildman–Crippen LogP) is 4.40. The summed E-state index contributed by atoms with van der Waals surface area (Å²) in [5.41, 5.74) is -0.822. The molecule has 3 rings (SSSR count). The van der Waals surface area contributed by atoms with Crippen molar-refractivity contribution in [2.45, 2.75) is 63.6 Å². The first-order valence-electron chi connectivity index (χ1n) is 10.1. The van der Waals surface area contributed by atoms with E-state index in [-0.39, 0.29) is 30.0 Å². The summed E-state index contributed by atoms with van der Waals surface area (Å²) in [4.78, 5) is 26.9. The van der Waals surface area contributed by atoms with Gasteiger partial charge in [-0.3, -0.25) is 9.59 Å². The molecule has 1 aromatic carbocycles. The van der Waals surface area contributed by atoms with E-state index in [9.17, 15) is 22.8 Å². The van der Waals surface area contributed by atoms with Gasteiger partial charge in [0.15, 0.2) is 0 Å². The van der Waals surface area contributed by atoms with E-state index in [0.29, 0.717) is 19.4 Å². The Morgan fingerprint density at radius 2 is 1.71 bits per heavy atom. The molecule has 0 aromatic heterocycles. The van der Waals surface area contributed by atoms with Gasteiger partial charge in [0.2, 0.25) is 5.91 Å². The van der Waals surface area contributed by atoms with Crippen LogP contribution in [-0.2, 0) is 11.0 Å². The Morgan fingerprint density at radius 3 is 2.39 bits per heavy atom. The summed E-state index contributed by atoms with van der Waals surface area (Å²) >= 11 is 0. The van der Waals surface area contributed by atoms with E-state index in [2.05, 4.69) is 5.32 Å². The molecule has 1 aliphatic heterocycles. The largest absolute Gasteiger partial charge is 0.416 e. The number of alkyl halides is 3. The first-order valence-corrected chi connectivity index (χ1v) is 10.1. The first kappa shape index (κ1) is 20.7. The second-order valence-corrected chi connectivity index (χ2v) is 7.87. The summed E-state index contributed by atoms with van der Waals surface area (Å²) in [5, 5.41) is 3.13. The van der Waals surface area contributed by atoms with Crippen molar-refractivity contribution in [1.82, 2.24) is 10.2 Å². The van der Waals surface area contributed by atoms with Gasteiger partial charge in [-0.25, -0.2) is 0 Å². The monoisotopic (exact) mass is 396 g/mol. The summed E-state index contributed by atoms with van der Waals surface area (Å²) in [6, 6.07) is 4.68. The normalized spacial score (nSPS) is 21.8. The van der Waals surface area contributed by atoms with Gasteiger partial charge in [-0.1, -0.05) is 31.7 Å². The van der Waals surface area contributed by atoms with E-state index >= 15 is 0 Å². The highest BCUT2D eigenvalue weighted by atomic mass is 19.4. The molecule has 1 aromatic rings. The fraction of sp³-hybridized carbons (Fsp3) is 0.619. The Balaban J connectivity index is 1.62. The highest BCUT2D eigenvalue weighted by Gasteiger charge is 2.33. The molecule has 28 heavy (non-hydrogen) atoms. The molecule has 2 amide bonds. The van der Waals surface area contributed by atoms with Gasteiger partial charge in [0, 0.05) is 24.7 Å². The second-order valence-electron chi connectivity index (χ2n) is 7.87. The SMILES string of the molecule is O=C(NC1CCCCCC1)[C@H]1CCCN(C(=O)c2cccc(C(F)(F)F)c2)C1. The molecule has 0 radical (unpaired) electrons. The lowest BCUT2D eigenvalue weighted by molar-refractivity contribution is -0.137. The highest BCUT2D eigenvalue weighted by molar-refractivity contribution is 5.95. The maximum absolute atomic E-state index is 12.9. The van der Waals surface area contributed by atoms with Gasteiger partial charge in [0.25, 0.3) is 5.91 Å². The molecule has 1 heterocycles. The third-order valence-electron chi connectivity index (χ3n) is 5.72. The molecule has 0 bridgehead atoms. The van der Waals surface area contributed by atoms with Crippen LogP contribution in [0.3, 0.4) is 0 Å². The quantitative estimate of drug-likeness (QED) is 0.770. The molecular weight excluding hydrogens is 369 g/mol. The molecule has 4 nitrogen and oxygen atoms in total. The Morgan fingerprint density at radius 1 is 1.00 bits per heavy atom. The van der Waals surface area contributed by atoms with Gasteiger partial charge >= 0.3 is 6.18 Å². The van der Waals surface area contributed by atoms with E-state index in [0.717, 1.165) is 37.8 Å². The average molecular weight is 396 g/mol. The van der Waals surface area contributed by atoms with Crippen LogP contribution in [0.2, 0.25) is 0 Å².